The zero-order valence-electron chi connectivity index (χ0n) is 16.0. The lowest BCUT2D eigenvalue weighted by Crippen LogP contribution is -2.47. The Bertz CT molecular complexity index is 765. The lowest BCUT2D eigenvalue weighted by atomic mass is 9.75. The lowest BCUT2D eigenvalue weighted by Gasteiger charge is -2.31. The summed E-state index contributed by atoms with van der Waals surface area (Å²) < 4.78 is 6.05. The monoisotopic (exact) mass is 360 g/mol. The molecule has 1 amide bonds. The second-order valence-corrected chi connectivity index (χ2v) is 8.04. The molecule has 4 N–H and O–H groups in total. The highest BCUT2D eigenvalue weighted by molar-refractivity contribution is 6.07. The van der Waals surface area contributed by atoms with E-state index in [4.69, 9.17) is 15.9 Å². The summed E-state index contributed by atoms with van der Waals surface area (Å²) in [4.78, 5) is 17.1. The van der Waals surface area contributed by atoms with E-state index in [9.17, 15) is 4.79 Å². The number of guanidine groups is 1. The van der Waals surface area contributed by atoms with Crippen LogP contribution in [0.4, 0.5) is 0 Å². The minimum absolute atomic E-state index is 0.0385. The van der Waals surface area contributed by atoms with Crippen molar-refractivity contribution in [3.8, 4) is 0 Å². The van der Waals surface area contributed by atoms with Crippen LogP contribution in [-0.2, 0) is 6.42 Å². The number of rotatable bonds is 2. The number of nitrogens with zero attached hydrogens (tertiary/aromatic N) is 4. The van der Waals surface area contributed by atoms with E-state index in [0.717, 1.165) is 48.5 Å². The zero-order chi connectivity index (χ0) is 19.1. The largest absolute Gasteiger partial charge is 0.455 e. The van der Waals surface area contributed by atoms with Gasteiger partial charge in [0.15, 0.2) is 5.76 Å². The molecule has 8 heteroatoms. The highest BCUT2D eigenvalue weighted by Crippen LogP contribution is 2.39. The van der Waals surface area contributed by atoms with Gasteiger partial charge in [0.1, 0.15) is 5.76 Å². The second-order valence-electron chi connectivity index (χ2n) is 8.04. The number of fused-ring (bicyclic) bond motifs is 1. The Kier molecular flexibility index (Phi) is 4.79. The number of hydrogen-bond donors (Lipinski definition) is 2. The van der Waals surface area contributed by atoms with E-state index < -0.39 is 0 Å². The molecule has 0 atom stereocenters. The average Bonchev–Trinajstić information content (AvgIpc) is 2.88. The molecule has 142 valence electrons. The molecule has 1 aromatic rings. The third-order valence-corrected chi connectivity index (χ3v) is 5.06. The Morgan fingerprint density at radius 1 is 1.15 bits per heavy atom. The molecule has 3 rings (SSSR count). The smallest absolute Gasteiger partial charge is 0.289 e. The van der Waals surface area contributed by atoms with E-state index >= 15 is 0 Å². The van der Waals surface area contributed by atoms with Crippen molar-refractivity contribution in [2.45, 2.75) is 33.6 Å². The third-order valence-electron chi connectivity index (χ3n) is 5.06. The fourth-order valence-corrected chi connectivity index (χ4v) is 3.67. The number of amides is 1. The molecule has 1 aliphatic carbocycles. The molecule has 2 heterocycles. The van der Waals surface area contributed by atoms with Crippen LogP contribution in [0.1, 0.15) is 47.7 Å². The fourth-order valence-electron chi connectivity index (χ4n) is 3.67. The topological polar surface area (TPSA) is 113 Å². The van der Waals surface area contributed by atoms with Crippen LogP contribution in [0.3, 0.4) is 0 Å². The lowest BCUT2D eigenvalue weighted by molar-refractivity contribution is 0.0628. The number of carbonyl (C=O) groups is 1. The summed E-state index contributed by atoms with van der Waals surface area (Å²) in [6, 6.07) is 0. The Labute approximate surface area is 153 Å². The van der Waals surface area contributed by atoms with Gasteiger partial charge in [-0.1, -0.05) is 13.8 Å². The number of likely N-dealkylation sites (N-methyl/N-ethyl adjacent to an activating group) is 1. The molecule has 0 aromatic carbocycles. The maximum Gasteiger partial charge on any atom is 0.289 e. The van der Waals surface area contributed by atoms with Gasteiger partial charge in [0.05, 0.1) is 5.71 Å². The van der Waals surface area contributed by atoms with E-state index in [-0.39, 0.29) is 17.3 Å². The average molecular weight is 360 g/mol. The van der Waals surface area contributed by atoms with Gasteiger partial charge in [0.2, 0.25) is 5.96 Å². The van der Waals surface area contributed by atoms with Crippen LogP contribution in [0.2, 0.25) is 0 Å². The van der Waals surface area contributed by atoms with Crippen LogP contribution in [0.15, 0.2) is 14.6 Å². The van der Waals surface area contributed by atoms with Crippen molar-refractivity contribution in [1.82, 2.24) is 9.80 Å². The third kappa shape index (κ3) is 3.60. The van der Waals surface area contributed by atoms with Gasteiger partial charge in [-0.2, -0.15) is 5.10 Å². The summed E-state index contributed by atoms with van der Waals surface area (Å²) >= 11 is 0. The molecule has 0 radical (unpaired) electrons. The van der Waals surface area contributed by atoms with Gasteiger partial charge in [-0.25, -0.2) is 0 Å². The van der Waals surface area contributed by atoms with Gasteiger partial charge in [-0.05, 0) is 25.8 Å². The van der Waals surface area contributed by atoms with E-state index in [1.165, 1.54) is 0 Å². The van der Waals surface area contributed by atoms with Gasteiger partial charge in [0, 0.05) is 43.7 Å². The summed E-state index contributed by atoms with van der Waals surface area (Å²) in [6.07, 6.45) is 1.47. The number of piperazine rings is 1. The molecule has 1 saturated heterocycles. The number of carbonyl (C=O) groups excluding carboxylic acids is 1. The van der Waals surface area contributed by atoms with Crippen molar-refractivity contribution >= 4 is 17.6 Å². The van der Waals surface area contributed by atoms with Gasteiger partial charge < -0.3 is 25.7 Å². The maximum absolute atomic E-state index is 13.0. The summed E-state index contributed by atoms with van der Waals surface area (Å²) in [5.41, 5.74) is 13.3. The van der Waals surface area contributed by atoms with Crippen LogP contribution >= 0.6 is 0 Å². The summed E-state index contributed by atoms with van der Waals surface area (Å²) in [5.74, 6) is 1.07. The maximum atomic E-state index is 13.0. The molecule has 2 aliphatic rings. The number of furan rings is 1. The standard InChI is InChI=1S/C18H28N6O2/c1-11-14-12(21-22-17(19)20)9-18(2,3)10-13(14)26-15(11)16(25)24-7-5-23(4)6-8-24/h5-10H2,1-4H3,(H4,19,20,22)/b21-12-. The van der Waals surface area contributed by atoms with Gasteiger partial charge in [-0.15, -0.1) is 5.10 Å². The minimum Gasteiger partial charge on any atom is -0.455 e. The molecular formula is C18H28N6O2. The Morgan fingerprint density at radius 2 is 1.81 bits per heavy atom. The molecule has 0 saturated carbocycles. The Balaban J connectivity index is 1.98. The fraction of sp³-hybridized carbons (Fsp3) is 0.611. The quantitative estimate of drug-likeness (QED) is 0.463. The van der Waals surface area contributed by atoms with Crippen molar-refractivity contribution in [1.29, 1.82) is 0 Å². The van der Waals surface area contributed by atoms with E-state index in [2.05, 4.69) is 36.0 Å². The van der Waals surface area contributed by atoms with E-state index in [1.807, 2.05) is 11.8 Å². The van der Waals surface area contributed by atoms with Crippen LogP contribution in [0.5, 0.6) is 0 Å². The molecular weight excluding hydrogens is 332 g/mol. The normalized spacial score (nSPS) is 21.5. The minimum atomic E-state index is -0.0858. The van der Waals surface area contributed by atoms with Crippen molar-refractivity contribution < 1.29 is 9.21 Å². The van der Waals surface area contributed by atoms with Crippen LogP contribution in [-0.4, -0.2) is 60.6 Å². The van der Waals surface area contributed by atoms with Gasteiger partial charge in [-0.3, -0.25) is 4.79 Å². The number of nitrogens with two attached hydrogens (primary N) is 2. The van der Waals surface area contributed by atoms with Crippen LogP contribution in [0, 0.1) is 12.3 Å². The van der Waals surface area contributed by atoms with Crippen LogP contribution < -0.4 is 11.5 Å². The first-order valence-corrected chi connectivity index (χ1v) is 8.94. The van der Waals surface area contributed by atoms with Crippen LogP contribution in [0.25, 0.3) is 0 Å². The molecule has 1 fully saturated rings. The first kappa shape index (κ1) is 18.4. The molecule has 1 aliphatic heterocycles. The van der Waals surface area contributed by atoms with Crippen molar-refractivity contribution in [3.05, 3.63) is 22.6 Å². The molecule has 0 bridgehead atoms. The summed E-state index contributed by atoms with van der Waals surface area (Å²) in [5, 5.41) is 8.06. The van der Waals surface area contributed by atoms with E-state index in [1.54, 1.807) is 0 Å². The summed E-state index contributed by atoms with van der Waals surface area (Å²) in [7, 11) is 2.06. The predicted molar refractivity (Wildman–Crippen MR) is 101 cm³/mol. The van der Waals surface area contributed by atoms with Gasteiger partial charge >= 0.3 is 0 Å². The Hall–Kier alpha value is -2.35. The zero-order valence-corrected chi connectivity index (χ0v) is 16.0. The second kappa shape index (κ2) is 6.75. The van der Waals surface area contributed by atoms with Crippen molar-refractivity contribution in [3.63, 3.8) is 0 Å². The van der Waals surface area contributed by atoms with E-state index in [0.29, 0.717) is 18.8 Å². The molecule has 1 aromatic heterocycles. The first-order chi connectivity index (χ1) is 12.2. The highest BCUT2D eigenvalue weighted by Gasteiger charge is 2.37. The predicted octanol–water partition coefficient (Wildman–Crippen LogP) is 0.926. The molecule has 26 heavy (non-hydrogen) atoms. The number of hydrogen-bond acceptors (Lipinski definition) is 5. The van der Waals surface area contributed by atoms with Crippen molar-refractivity contribution in [2.75, 3.05) is 33.2 Å². The first-order valence-electron chi connectivity index (χ1n) is 8.94. The highest BCUT2D eigenvalue weighted by atomic mass is 16.4. The Morgan fingerprint density at radius 3 is 2.42 bits per heavy atom. The molecule has 8 nitrogen and oxygen atoms in total. The molecule has 0 spiro atoms. The van der Waals surface area contributed by atoms with Gasteiger partial charge in [0.25, 0.3) is 5.91 Å². The molecule has 0 unspecified atom stereocenters. The van der Waals surface area contributed by atoms with Crippen molar-refractivity contribution in [2.24, 2.45) is 27.1 Å². The SMILES string of the molecule is Cc1c(C(=O)N2CCN(C)CC2)oc2c1/C(=N\N=C(N)N)CC(C)(C)C2. The summed E-state index contributed by atoms with van der Waals surface area (Å²) in [6.45, 7) is 9.35.